The molecular weight excluding hydrogens is 298 g/mol. The third-order valence-electron chi connectivity index (χ3n) is 2.27. The molecule has 5 nitrogen and oxygen atoms in total. The summed E-state index contributed by atoms with van der Waals surface area (Å²) < 4.78 is 5.72. The number of carbonyl (C=O) groups is 1. The first-order chi connectivity index (χ1) is 8.70. The van der Waals surface area contributed by atoms with Crippen LogP contribution in [-0.2, 0) is 9.53 Å². The summed E-state index contributed by atoms with van der Waals surface area (Å²) in [6, 6.07) is 3.65. The lowest BCUT2D eigenvalue weighted by Crippen LogP contribution is -2.17. The first-order valence-electron chi connectivity index (χ1n) is 5.50. The molecule has 94 valence electrons. The van der Waals surface area contributed by atoms with Crippen LogP contribution < -0.4 is 5.32 Å². The third-order valence-corrected chi connectivity index (χ3v) is 2.71. The van der Waals surface area contributed by atoms with Crippen LogP contribution in [0.25, 0.3) is 11.0 Å². The summed E-state index contributed by atoms with van der Waals surface area (Å²) in [6.45, 7) is 2.27. The number of carbonyl (C=O) groups excluding carboxylic acids is 1. The van der Waals surface area contributed by atoms with Crippen LogP contribution in [-0.4, -0.2) is 29.1 Å². The van der Waals surface area contributed by atoms with Crippen molar-refractivity contribution in [1.82, 2.24) is 9.97 Å². The first-order valence-corrected chi connectivity index (χ1v) is 6.29. The Labute approximate surface area is 113 Å². The molecule has 0 spiro atoms. The Kier molecular flexibility index (Phi) is 4.09. The molecule has 0 unspecified atom stereocenters. The molecule has 0 amide bonds. The minimum Gasteiger partial charge on any atom is -0.465 e. The van der Waals surface area contributed by atoms with E-state index in [9.17, 15) is 4.79 Å². The Hall–Kier alpha value is -1.69. The zero-order chi connectivity index (χ0) is 13.0. The van der Waals surface area contributed by atoms with Gasteiger partial charge in [0.2, 0.25) is 0 Å². The van der Waals surface area contributed by atoms with Gasteiger partial charge in [0, 0.05) is 16.9 Å². The first kappa shape index (κ1) is 12.8. The second-order valence-electron chi connectivity index (χ2n) is 3.54. The van der Waals surface area contributed by atoms with Crippen molar-refractivity contribution in [3.05, 3.63) is 29.0 Å². The number of nitrogens with one attached hydrogen (secondary N) is 1. The Bertz CT molecular complexity index is 574. The fourth-order valence-corrected chi connectivity index (χ4v) is 1.85. The van der Waals surface area contributed by atoms with E-state index >= 15 is 0 Å². The highest BCUT2D eigenvalue weighted by Crippen LogP contribution is 2.21. The average molecular weight is 310 g/mol. The number of hydrogen-bond donors (Lipinski definition) is 1. The molecule has 2 aromatic heterocycles. The Balaban J connectivity index is 2.20. The second kappa shape index (κ2) is 5.77. The predicted octanol–water partition coefficient (Wildman–Crippen LogP) is 2.37. The molecular formula is C12H12BrN3O2. The van der Waals surface area contributed by atoms with E-state index in [4.69, 9.17) is 4.74 Å². The van der Waals surface area contributed by atoms with E-state index in [1.54, 1.807) is 25.4 Å². The quantitative estimate of drug-likeness (QED) is 0.878. The van der Waals surface area contributed by atoms with Gasteiger partial charge in [-0.15, -0.1) is 0 Å². The minimum atomic E-state index is -0.292. The van der Waals surface area contributed by atoms with Gasteiger partial charge >= 0.3 is 5.97 Å². The van der Waals surface area contributed by atoms with Crippen molar-refractivity contribution < 1.29 is 9.53 Å². The highest BCUT2D eigenvalue weighted by atomic mass is 79.9. The fraction of sp³-hybridized carbons (Fsp3) is 0.250. The molecule has 2 rings (SSSR count). The number of aromatic nitrogens is 2. The molecule has 0 saturated carbocycles. The highest BCUT2D eigenvalue weighted by molar-refractivity contribution is 9.10. The molecule has 0 aliphatic rings. The van der Waals surface area contributed by atoms with Crippen molar-refractivity contribution in [2.24, 2.45) is 0 Å². The molecule has 0 atom stereocenters. The van der Waals surface area contributed by atoms with Crippen LogP contribution in [0.2, 0.25) is 0 Å². The lowest BCUT2D eigenvalue weighted by Gasteiger charge is -2.08. The molecule has 0 aliphatic carbocycles. The van der Waals surface area contributed by atoms with Crippen molar-refractivity contribution in [2.75, 3.05) is 18.5 Å². The number of rotatable bonds is 4. The molecule has 2 heterocycles. The van der Waals surface area contributed by atoms with Gasteiger partial charge in [-0.1, -0.05) is 0 Å². The van der Waals surface area contributed by atoms with Crippen LogP contribution in [0.3, 0.4) is 0 Å². The number of hydrogen-bond acceptors (Lipinski definition) is 5. The Morgan fingerprint density at radius 2 is 2.33 bits per heavy atom. The zero-order valence-corrected chi connectivity index (χ0v) is 11.4. The third kappa shape index (κ3) is 2.95. The Morgan fingerprint density at radius 3 is 3.11 bits per heavy atom. The predicted molar refractivity (Wildman–Crippen MR) is 72.4 cm³/mol. The normalized spacial score (nSPS) is 10.3. The summed E-state index contributed by atoms with van der Waals surface area (Å²) >= 11 is 3.34. The molecule has 0 bridgehead atoms. The largest absolute Gasteiger partial charge is 0.465 e. The van der Waals surface area contributed by atoms with Crippen molar-refractivity contribution in [3.8, 4) is 0 Å². The smallest absolute Gasteiger partial charge is 0.325 e. The number of ether oxygens (including phenoxy) is 1. The lowest BCUT2D eigenvalue weighted by molar-refractivity contribution is -0.140. The van der Waals surface area contributed by atoms with Gasteiger partial charge in [0.25, 0.3) is 0 Å². The van der Waals surface area contributed by atoms with Crippen molar-refractivity contribution in [1.29, 1.82) is 0 Å². The molecule has 0 radical (unpaired) electrons. The summed E-state index contributed by atoms with van der Waals surface area (Å²) in [6.07, 6.45) is 3.36. The molecule has 1 N–H and O–H groups in total. The van der Waals surface area contributed by atoms with Crippen molar-refractivity contribution in [2.45, 2.75) is 6.92 Å². The van der Waals surface area contributed by atoms with Gasteiger partial charge in [0.1, 0.15) is 12.1 Å². The van der Waals surface area contributed by atoms with Gasteiger partial charge in [-0.3, -0.25) is 14.8 Å². The molecule has 0 aromatic carbocycles. The zero-order valence-electron chi connectivity index (χ0n) is 9.81. The van der Waals surface area contributed by atoms with Gasteiger partial charge in [-0.25, -0.2) is 0 Å². The van der Waals surface area contributed by atoms with Crippen LogP contribution in [0.1, 0.15) is 6.92 Å². The maximum Gasteiger partial charge on any atom is 0.325 e. The molecule has 18 heavy (non-hydrogen) atoms. The number of halogens is 1. The van der Waals surface area contributed by atoms with E-state index in [0.29, 0.717) is 6.61 Å². The summed E-state index contributed by atoms with van der Waals surface area (Å²) in [4.78, 5) is 19.8. The van der Waals surface area contributed by atoms with E-state index < -0.39 is 0 Å². The number of pyridine rings is 2. The number of nitrogens with zero attached hydrogens (tertiary/aromatic N) is 2. The average Bonchev–Trinajstić information content (AvgIpc) is 2.36. The second-order valence-corrected chi connectivity index (χ2v) is 4.45. The topological polar surface area (TPSA) is 64.1 Å². The van der Waals surface area contributed by atoms with E-state index in [1.165, 1.54) is 0 Å². The summed E-state index contributed by atoms with van der Waals surface area (Å²) in [5.41, 5.74) is 2.25. The van der Waals surface area contributed by atoms with Crippen LogP contribution in [0.4, 0.5) is 5.69 Å². The number of anilines is 1. The van der Waals surface area contributed by atoms with E-state index in [-0.39, 0.29) is 12.5 Å². The van der Waals surface area contributed by atoms with Crippen molar-refractivity contribution >= 4 is 38.6 Å². The molecule has 0 aliphatic heterocycles. The van der Waals surface area contributed by atoms with Crippen molar-refractivity contribution in [3.63, 3.8) is 0 Å². The van der Waals surface area contributed by atoms with Gasteiger partial charge in [-0.05, 0) is 35.0 Å². The lowest BCUT2D eigenvalue weighted by atomic mass is 10.3. The summed E-state index contributed by atoms with van der Waals surface area (Å²) in [5, 5.41) is 3.00. The monoisotopic (exact) mass is 309 g/mol. The van der Waals surface area contributed by atoms with Gasteiger partial charge < -0.3 is 10.1 Å². The SMILES string of the molecule is CCOC(=O)CNc1ccnc2cc(Br)cnc12. The van der Waals surface area contributed by atoms with Gasteiger partial charge in [0.05, 0.1) is 17.8 Å². The van der Waals surface area contributed by atoms with Crippen LogP contribution in [0, 0.1) is 0 Å². The summed E-state index contributed by atoms with van der Waals surface area (Å²) in [5.74, 6) is -0.292. The van der Waals surface area contributed by atoms with E-state index in [0.717, 1.165) is 21.2 Å². The maximum absolute atomic E-state index is 11.3. The molecule has 0 saturated heterocycles. The number of fused-ring (bicyclic) bond motifs is 1. The number of esters is 1. The van der Waals surface area contributed by atoms with Crippen LogP contribution >= 0.6 is 15.9 Å². The van der Waals surface area contributed by atoms with Crippen LogP contribution in [0.15, 0.2) is 29.0 Å². The fourth-order valence-electron chi connectivity index (χ4n) is 1.53. The standard InChI is InChI=1S/C12H12BrN3O2/c1-2-18-11(17)7-15-9-3-4-14-10-5-8(13)6-16-12(9)10/h3-6H,2,7H2,1H3,(H,14,15). The molecule has 2 aromatic rings. The molecule has 0 fully saturated rings. The van der Waals surface area contributed by atoms with E-state index in [2.05, 4.69) is 31.2 Å². The Morgan fingerprint density at radius 1 is 1.50 bits per heavy atom. The summed E-state index contributed by atoms with van der Waals surface area (Å²) in [7, 11) is 0. The van der Waals surface area contributed by atoms with E-state index in [1.807, 2.05) is 6.07 Å². The minimum absolute atomic E-state index is 0.116. The van der Waals surface area contributed by atoms with Gasteiger partial charge in [-0.2, -0.15) is 0 Å². The van der Waals surface area contributed by atoms with Crippen LogP contribution in [0.5, 0.6) is 0 Å². The highest BCUT2D eigenvalue weighted by Gasteiger charge is 2.06. The molecule has 6 heteroatoms. The maximum atomic E-state index is 11.3. The van der Waals surface area contributed by atoms with Gasteiger partial charge in [0.15, 0.2) is 0 Å².